The summed E-state index contributed by atoms with van der Waals surface area (Å²) in [7, 11) is 0. The molecule has 0 spiro atoms. The van der Waals surface area contributed by atoms with Gasteiger partial charge >= 0.3 is 0 Å². The Morgan fingerprint density at radius 1 is 0.743 bits per heavy atom. The monoisotopic (exact) mass is 480 g/mol. The summed E-state index contributed by atoms with van der Waals surface area (Å²) in [5.41, 5.74) is 3.41. The van der Waals surface area contributed by atoms with E-state index in [4.69, 9.17) is 4.74 Å². The summed E-state index contributed by atoms with van der Waals surface area (Å²) in [6.07, 6.45) is 17.8. The number of benzene rings is 2. The van der Waals surface area contributed by atoms with Crippen LogP contribution in [0.1, 0.15) is 125 Å². The maximum atomic E-state index is 14.7. The Kier molecular flexibility index (Phi) is 9.40. The highest BCUT2D eigenvalue weighted by atomic mass is 19.2. The Balaban J connectivity index is 1.29. The molecule has 2 aliphatic rings. The third-order valence-corrected chi connectivity index (χ3v) is 8.52. The van der Waals surface area contributed by atoms with Crippen LogP contribution in [0.15, 0.2) is 48.7 Å². The third kappa shape index (κ3) is 6.54. The van der Waals surface area contributed by atoms with E-state index in [1.807, 2.05) is 0 Å². The van der Waals surface area contributed by atoms with Gasteiger partial charge in [0.15, 0.2) is 11.6 Å². The predicted octanol–water partition coefficient (Wildman–Crippen LogP) is 10.2. The largest absolute Gasteiger partial charge is 0.462 e. The minimum absolute atomic E-state index is 0.0527. The number of rotatable bonds is 9. The first-order chi connectivity index (χ1) is 17.1. The van der Waals surface area contributed by atoms with Gasteiger partial charge in [0.1, 0.15) is 0 Å². The SMILES string of the molecule is CC=COc1ccc(C2CCC(c3ccc(C4CCC(CCCCC)CC4)cc3)CC2)c(F)c1F. The lowest BCUT2D eigenvalue weighted by atomic mass is 9.74. The maximum Gasteiger partial charge on any atom is 0.201 e. The van der Waals surface area contributed by atoms with E-state index in [2.05, 4.69) is 31.2 Å². The van der Waals surface area contributed by atoms with Crippen molar-refractivity contribution in [2.75, 3.05) is 0 Å². The molecule has 0 heterocycles. The van der Waals surface area contributed by atoms with Crippen LogP contribution in [0.25, 0.3) is 0 Å². The second-order valence-corrected chi connectivity index (χ2v) is 10.8. The first kappa shape index (κ1) is 25.9. The summed E-state index contributed by atoms with van der Waals surface area (Å²) < 4.78 is 34.3. The van der Waals surface area contributed by atoms with Crippen molar-refractivity contribution in [2.45, 2.75) is 109 Å². The molecule has 2 fully saturated rings. The third-order valence-electron chi connectivity index (χ3n) is 8.52. The number of hydrogen-bond donors (Lipinski definition) is 0. The molecule has 35 heavy (non-hydrogen) atoms. The lowest BCUT2D eigenvalue weighted by molar-refractivity contribution is 0.302. The maximum absolute atomic E-state index is 14.7. The van der Waals surface area contributed by atoms with Gasteiger partial charge in [-0.25, -0.2) is 4.39 Å². The molecule has 2 aliphatic carbocycles. The van der Waals surface area contributed by atoms with Gasteiger partial charge in [0.05, 0.1) is 6.26 Å². The summed E-state index contributed by atoms with van der Waals surface area (Å²) in [4.78, 5) is 0. The van der Waals surface area contributed by atoms with Crippen LogP contribution in [0.2, 0.25) is 0 Å². The molecule has 1 nitrogen and oxygen atoms in total. The summed E-state index contributed by atoms with van der Waals surface area (Å²) in [6, 6.07) is 12.7. The molecular formula is C32H42F2O. The molecule has 0 amide bonds. The fraction of sp³-hybridized carbons (Fsp3) is 0.562. The summed E-state index contributed by atoms with van der Waals surface area (Å²) in [5.74, 6) is 0.571. The minimum Gasteiger partial charge on any atom is -0.462 e. The molecule has 2 aromatic rings. The fourth-order valence-electron chi connectivity index (χ4n) is 6.34. The quantitative estimate of drug-likeness (QED) is 0.256. The highest BCUT2D eigenvalue weighted by molar-refractivity contribution is 5.34. The van der Waals surface area contributed by atoms with Crippen LogP contribution < -0.4 is 4.74 Å². The van der Waals surface area contributed by atoms with E-state index < -0.39 is 11.6 Å². The van der Waals surface area contributed by atoms with Gasteiger partial charge in [0.25, 0.3) is 0 Å². The standard InChI is InChI=1S/C32H42F2O/c1-3-5-6-7-23-8-10-24(11-9-23)25-12-14-26(15-13-25)27-16-18-28(19-17-27)29-20-21-30(35-22-4-2)32(34)31(29)33/h4,12-15,20-24,27-28H,3,5-11,16-19H2,1-2H3. The number of halogens is 2. The Bertz CT molecular complexity index is 948. The average Bonchev–Trinajstić information content (AvgIpc) is 2.90. The van der Waals surface area contributed by atoms with E-state index in [0.29, 0.717) is 11.5 Å². The normalized spacial score (nSPS) is 25.1. The molecular weight excluding hydrogens is 438 g/mol. The van der Waals surface area contributed by atoms with Crippen molar-refractivity contribution in [2.24, 2.45) is 5.92 Å². The molecule has 190 valence electrons. The van der Waals surface area contributed by atoms with Crippen LogP contribution in [0.4, 0.5) is 8.78 Å². The van der Waals surface area contributed by atoms with E-state index in [1.165, 1.54) is 68.8 Å². The zero-order valence-electron chi connectivity index (χ0n) is 21.6. The Morgan fingerprint density at radius 3 is 1.89 bits per heavy atom. The molecule has 0 bridgehead atoms. The van der Waals surface area contributed by atoms with E-state index >= 15 is 0 Å². The summed E-state index contributed by atoms with van der Waals surface area (Å²) in [6.45, 7) is 4.06. The second kappa shape index (κ2) is 12.7. The van der Waals surface area contributed by atoms with Crippen LogP contribution in [0, 0.1) is 17.6 Å². The molecule has 0 N–H and O–H groups in total. The highest BCUT2D eigenvalue weighted by Crippen LogP contribution is 2.43. The smallest absolute Gasteiger partial charge is 0.201 e. The van der Waals surface area contributed by atoms with Gasteiger partial charge in [-0.3, -0.25) is 0 Å². The Morgan fingerprint density at radius 2 is 1.31 bits per heavy atom. The molecule has 0 aliphatic heterocycles. The van der Waals surface area contributed by atoms with Crippen LogP contribution in [-0.2, 0) is 0 Å². The zero-order valence-corrected chi connectivity index (χ0v) is 21.6. The van der Waals surface area contributed by atoms with Crippen molar-refractivity contribution in [1.82, 2.24) is 0 Å². The van der Waals surface area contributed by atoms with E-state index in [9.17, 15) is 8.78 Å². The topological polar surface area (TPSA) is 9.23 Å². The number of unbranched alkanes of at least 4 members (excludes halogenated alkanes) is 2. The lowest BCUT2D eigenvalue weighted by Gasteiger charge is -2.31. The van der Waals surface area contributed by atoms with Crippen molar-refractivity contribution in [1.29, 1.82) is 0 Å². The zero-order chi connectivity index (χ0) is 24.6. The molecule has 0 saturated heterocycles. The molecule has 0 unspecified atom stereocenters. The van der Waals surface area contributed by atoms with Crippen molar-refractivity contribution in [3.63, 3.8) is 0 Å². The lowest BCUT2D eigenvalue weighted by Crippen LogP contribution is -2.15. The van der Waals surface area contributed by atoms with E-state index in [0.717, 1.165) is 37.5 Å². The first-order valence-corrected chi connectivity index (χ1v) is 14.0. The molecule has 3 heteroatoms. The number of allylic oxidation sites excluding steroid dienone is 1. The molecule has 4 rings (SSSR count). The van der Waals surface area contributed by atoms with Crippen LogP contribution in [0.3, 0.4) is 0 Å². The van der Waals surface area contributed by atoms with Crippen molar-refractivity contribution in [3.8, 4) is 5.75 Å². The fourth-order valence-corrected chi connectivity index (χ4v) is 6.34. The number of ether oxygens (including phenoxy) is 1. The van der Waals surface area contributed by atoms with Crippen LogP contribution >= 0.6 is 0 Å². The van der Waals surface area contributed by atoms with Gasteiger partial charge in [0, 0.05) is 0 Å². The van der Waals surface area contributed by atoms with Gasteiger partial charge in [-0.2, -0.15) is 4.39 Å². The highest BCUT2D eigenvalue weighted by Gasteiger charge is 2.28. The molecule has 2 saturated carbocycles. The van der Waals surface area contributed by atoms with Gasteiger partial charge in [0.2, 0.25) is 5.82 Å². The molecule has 0 aromatic heterocycles. The van der Waals surface area contributed by atoms with E-state index in [1.54, 1.807) is 25.1 Å². The summed E-state index contributed by atoms with van der Waals surface area (Å²) in [5, 5.41) is 0. The predicted molar refractivity (Wildman–Crippen MR) is 141 cm³/mol. The van der Waals surface area contributed by atoms with Gasteiger partial charge in [-0.05, 0) is 105 Å². The van der Waals surface area contributed by atoms with Crippen molar-refractivity contribution >= 4 is 0 Å². The van der Waals surface area contributed by atoms with Gasteiger partial charge in [-0.15, -0.1) is 0 Å². The van der Waals surface area contributed by atoms with Crippen LogP contribution in [0.5, 0.6) is 5.75 Å². The van der Waals surface area contributed by atoms with Gasteiger partial charge < -0.3 is 4.74 Å². The average molecular weight is 481 g/mol. The first-order valence-electron chi connectivity index (χ1n) is 14.0. The Labute approximate surface area is 211 Å². The van der Waals surface area contributed by atoms with Crippen LogP contribution in [-0.4, -0.2) is 0 Å². The molecule has 0 atom stereocenters. The molecule has 2 aromatic carbocycles. The molecule has 0 radical (unpaired) electrons. The van der Waals surface area contributed by atoms with E-state index in [-0.39, 0.29) is 11.7 Å². The minimum atomic E-state index is -0.881. The second-order valence-electron chi connectivity index (χ2n) is 10.8. The summed E-state index contributed by atoms with van der Waals surface area (Å²) >= 11 is 0. The Hall–Kier alpha value is -2.16. The van der Waals surface area contributed by atoms with Crippen molar-refractivity contribution < 1.29 is 13.5 Å². The van der Waals surface area contributed by atoms with Crippen molar-refractivity contribution in [3.05, 3.63) is 77.1 Å². The van der Waals surface area contributed by atoms with Gasteiger partial charge in [-0.1, -0.05) is 69.0 Å². The number of hydrogen-bond acceptors (Lipinski definition) is 1.